The van der Waals surface area contributed by atoms with Crippen molar-refractivity contribution in [2.24, 2.45) is 0 Å². The van der Waals surface area contributed by atoms with E-state index in [1.54, 1.807) is 9.80 Å². The highest BCUT2D eigenvalue weighted by atomic mass is 28.4. The molecular weight excluding hydrogens is 873 g/mol. The van der Waals surface area contributed by atoms with Crippen LogP contribution in [0.3, 0.4) is 0 Å². The Hall–Kier alpha value is -3.69. The van der Waals surface area contributed by atoms with Crippen molar-refractivity contribution in [3.8, 4) is 0 Å². The molecule has 2 aliphatic heterocycles. The molecule has 5 rings (SSSR count). The highest BCUT2D eigenvalue weighted by molar-refractivity contribution is 6.61. The summed E-state index contributed by atoms with van der Waals surface area (Å²) in [7, 11) is -5.57. The van der Waals surface area contributed by atoms with Crippen LogP contribution in [-0.2, 0) is 46.9 Å². The first-order valence-corrected chi connectivity index (χ1v) is 28.1. The van der Waals surface area contributed by atoms with Crippen LogP contribution in [0.1, 0.15) is 104 Å². The fourth-order valence-electron chi connectivity index (χ4n) is 8.31. The number of nitrogens with zero attached hydrogens (tertiary/aromatic N) is 2. The first kappa shape index (κ1) is 53.3. The van der Waals surface area contributed by atoms with Crippen molar-refractivity contribution < 1.29 is 45.6 Å². The molecule has 366 valence electrons. The molecule has 4 amide bonds. The molecule has 3 aromatic rings. The number of carbonyl (C=O) groups excluding carboxylic acids is 2. The number of ether oxygens (including phenoxy) is 2. The van der Waals surface area contributed by atoms with Crippen molar-refractivity contribution in [1.29, 1.82) is 0 Å². The first-order valence-electron chi connectivity index (χ1n) is 24.2. The summed E-state index contributed by atoms with van der Waals surface area (Å²) >= 11 is 0. The number of benzene rings is 3. The molecule has 3 aromatic carbocycles. The van der Waals surface area contributed by atoms with E-state index >= 15 is 0 Å². The zero-order valence-electron chi connectivity index (χ0n) is 41.4. The lowest BCUT2D eigenvalue weighted by Crippen LogP contribution is -2.47. The zero-order chi connectivity index (χ0) is 47.8. The summed E-state index contributed by atoms with van der Waals surface area (Å²) in [5.74, 6) is 0. The van der Waals surface area contributed by atoms with Crippen LogP contribution in [0.2, 0.25) is 12.1 Å². The monoisotopic (exact) mass is 951 g/mol. The van der Waals surface area contributed by atoms with Crippen LogP contribution in [0, 0.1) is 0 Å². The quantitative estimate of drug-likeness (QED) is 0.0377. The molecule has 2 heterocycles. The number of anilines is 2. The average Bonchev–Trinajstić information content (AvgIpc) is 4.26. The van der Waals surface area contributed by atoms with Gasteiger partial charge in [0.05, 0.1) is 38.5 Å². The van der Waals surface area contributed by atoms with E-state index < -0.39 is 17.6 Å². The molecule has 0 radical (unpaired) electrons. The van der Waals surface area contributed by atoms with Crippen molar-refractivity contribution in [3.05, 3.63) is 95.1 Å². The van der Waals surface area contributed by atoms with Crippen LogP contribution in [0.4, 0.5) is 21.0 Å². The second kappa shape index (κ2) is 25.1. The van der Waals surface area contributed by atoms with Gasteiger partial charge in [-0.1, -0.05) is 76.2 Å². The standard InChI is InChI=1S/C50H78N4O10Si2/c1-11-59-65(60-12-2,61-13-3)33-17-31-51-47(55)53(35-45-37-57-45)43-27-23-41(24-28-43)49(7,8)39-19-21-40(22-20-39)50(9,10)42-25-29-44(30-26-42)54(36-46-38-58-46)48(56)52-32-18-34-66(62-14-4,63-15-5)64-16-6/h19-30,45-46H,11-18,31-38H2,1-10H3,(H,51,55)(H,52,56). The Bertz CT molecular complexity index is 1760. The van der Waals surface area contributed by atoms with Gasteiger partial charge < -0.3 is 46.7 Å². The summed E-state index contributed by atoms with van der Waals surface area (Å²) in [5, 5.41) is 6.22. The Kier molecular flexibility index (Phi) is 20.2. The van der Waals surface area contributed by atoms with Gasteiger partial charge in [0.2, 0.25) is 0 Å². The lowest BCUT2D eigenvalue weighted by atomic mass is 9.74. The number of hydrogen-bond donors (Lipinski definition) is 2. The van der Waals surface area contributed by atoms with Gasteiger partial charge in [0.1, 0.15) is 0 Å². The maximum Gasteiger partial charge on any atom is 0.500 e. The molecule has 2 fully saturated rings. The number of epoxide rings is 2. The van der Waals surface area contributed by atoms with E-state index in [1.165, 1.54) is 11.1 Å². The number of urea groups is 2. The molecule has 0 spiro atoms. The van der Waals surface area contributed by atoms with Crippen molar-refractivity contribution >= 4 is 41.0 Å². The lowest BCUT2D eigenvalue weighted by molar-refractivity contribution is 0.0701. The molecule has 0 aliphatic carbocycles. The van der Waals surface area contributed by atoms with E-state index in [9.17, 15) is 9.59 Å². The Balaban J connectivity index is 1.21. The van der Waals surface area contributed by atoms with Gasteiger partial charge in [0.15, 0.2) is 0 Å². The summed E-state index contributed by atoms with van der Waals surface area (Å²) in [6, 6.07) is 26.4. The minimum Gasteiger partial charge on any atom is -0.374 e. The number of carbonyl (C=O) groups is 2. The summed E-state index contributed by atoms with van der Waals surface area (Å²) < 4.78 is 47.0. The minimum absolute atomic E-state index is 0.0304. The molecule has 0 aromatic heterocycles. The lowest BCUT2D eigenvalue weighted by Gasteiger charge is -2.30. The van der Waals surface area contributed by atoms with E-state index in [-0.39, 0.29) is 35.1 Å². The normalized spacial score (nSPS) is 16.2. The molecule has 2 N–H and O–H groups in total. The van der Waals surface area contributed by atoms with Crippen molar-refractivity contribution in [2.45, 2.75) is 117 Å². The predicted octanol–water partition coefficient (Wildman–Crippen LogP) is 9.05. The Morgan fingerprint density at radius 2 is 0.773 bits per heavy atom. The van der Waals surface area contributed by atoms with Gasteiger partial charge in [0, 0.05) is 87.0 Å². The largest absolute Gasteiger partial charge is 0.500 e. The van der Waals surface area contributed by atoms with Crippen LogP contribution in [0.5, 0.6) is 0 Å². The van der Waals surface area contributed by atoms with Gasteiger partial charge in [-0.15, -0.1) is 0 Å². The van der Waals surface area contributed by atoms with Crippen molar-refractivity contribution in [3.63, 3.8) is 0 Å². The van der Waals surface area contributed by atoms with Gasteiger partial charge in [-0.25, -0.2) is 9.59 Å². The third kappa shape index (κ3) is 14.7. The average molecular weight is 951 g/mol. The van der Waals surface area contributed by atoms with Crippen LogP contribution < -0.4 is 20.4 Å². The van der Waals surface area contributed by atoms with Gasteiger partial charge >= 0.3 is 29.7 Å². The van der Waals surface area contributed by atoms with Gasteiger partial charge in [-0.3, -0.25) is 9.80 Å². The summed E-state index contributed by atoms with van der Waals surface area (Å²) in [6.07, 6.45) is 1.43. The Morgan fingerprint density at radius 1 is 0.515 bits per heavy atom. The Labute approximate surface area is 397 Å². The van der Waals surface area contributed by atoms with Crippen molar-refractivity contribution in [1.82, 2.24) is 10.6 Å². The molecule has 14 nitrogen and oxygen atoms in total. The van der Waals surface area contributed by atoms with Gasteiger partial charge in [0.25, 0.3) is 0 Å². The number of hydrogen-bond acceptors (Lipinski definition) is 10. The molecule has 2 atom stereocenters. The molecule has 0 bridgehead atoms. The fraction of sp³-hybridized carbons (Fsp3) is 0.600. The Morgan fingerprint density at radius 3 is 1.02 bits per heavy atom. The van der Waals surface area contributed by atoms with Crippen LogP contribution in [0.15, 0.2) is 72.8 Å². The van der Waals surface area contributed by atoms with E-state index in [2.05, 4.69) is 86.9 Å². The van der Waals surface area contributed by atoms with Crippen LogP contribution in [-0.4, -0.2) is 121 Å². The number of rotatable bonds is 30. The third-order valence-electron chi connectivity index (χ3n) is 12.3. The van der Waals surface area contributed by atoms with Crippen LogP contribution in [0.25, 0.3) is 0 Å². The second-order valence-electron chi connectivity index (χ2n) is 17.7. The van der Waals surface area contributed by atoms with Gasteiger partial charge in [-0.2, -0.15) is 0 Å². The summed E-state index contributed by atoms with van der Waals surface area (Å²) in [6.45, 7) is 26.9. The SMILES string of the molecule is CCO[Si](CCCNC(=O)N(CC1CO1)c1ccc(C(C)(C)c2ccc(C(C)(C)c3ccc(N(CC4CO4)C(=O)NCCC[Si](OCC)(OCC)OCC)cc3)cc2)cc1)(OCC)OCC. The fourth-order valence-corrected chi connectivity index (χ4v) is 13.5. The third-order valence-corrected chi connectivity index (χ3v) is 18.6. The van der Waals surface area contributed by atoms with Crippen LogP contribution >= 0.6 is 0 Å². The molecule has 66 heavy (non-hydrogen) atoms. The zero-order valence-corrected chi connectivity index (χ0v) is 43.4. The summed E-state index contributed by atoms with van der Waals surface area (Å²) in [4.78, 5) is 30.8. The van der Waals surface area contributed by atoms with E-state index in [0.717, 1.165) is 22.5 Å². The minimum atomic E-state index is -2.79. The highest BCUT2D eigenvalue weighted by Crippen LogP contribution is 2.37. The summed E-state index contributed by atoms with van der Waals surface area (Å²) in [5.41, 5.74) is 5.68. The topological polar surface area (TPSA) is 145 Å². The first-order chi connectivity index (χ1) is 31.7. The molecule has 16 heteroatoms. The molecular formula is C50H78N4O10Si2. The second-order valence-corrected chi connectivity index (χ2v) is 23.2. The van der Waals surface area contributed by atoms with Gasteiger partial charge in [-0.05, 0) is 101 Å². The molecule has 0 saturated carbocycles. The molecule has 2 unspecified atom stereocenters. The molecule has 2 saturated heterocycles. The maximum atomic E-state index is 13.6. The van der Waals surface area contributed by atoms with E-state index in [0.29, 0.717) is 104 Å². The number of nitrogens with one attached hydrogen (secondary N) is 2. The van der Waals surface area contributed by atoms with Crippen molar-refractivity contribution in [2.75, 3.05) is 88.8 Å². The van der Waals surface area contributed by atoms with E-state index in [4.69, 9.17) is 36.0 Å². The number of amides is 4. The van der Waals surface area contributed by atoms with E-state index in [1.807, 2.05) is 65.8 Å². The molecule has 2 aliphatic rings. The predicted molar refractivity (Wildman–Crippen MR) is 265 cm³/mol. The maximum absolute atomic E-state index is 13.6. The smallest absolute Gasteiger partial charge is 0.374 e. The highest BCUT2D eigenvalue weighted by Gasteiger charge is 2.41.